The molecule has 0 radical (unpaired) electrons. The van der Waals surface area contributed by atoms with E-state index in [1.165, 1.54) is 0 Å². The Balaban J connectivity index is 1.56. The van der Waals surface area contributed by atoms with Crippen molar-refractivity contribution in [3.8, 4) is 0 Å². The van der Waals surface area contributed by atoms with Crippen molar-refractivity contribution in [3.05, 3.63) is 65.1 Å². The van der Waals surface area contributed by atoms with Crippen molar-refractivity contribution in [1.82, 2.24) is 20.2 Å². The molecule has 2 aromatic heterocycles. The number of rotatable bonds is 5. The van der Waals surface area contributed by atoms with Crippen LogP contribution in [0.2, 0.25) is 5.15 Å². The summed E-state index contributed by atoms with van der Waals surface area (Å²) in [5.41, 5.74) is 1.96. The molecule has 0 spiro atoms. The summed E-state index contributed by atoms with van der Waals surface area (Å²) in [5, 5.41) is 13.7. The number of nitrogens with zero attached hydrogens (tertiary/aromatic N) is 2. The first-order valence-electron chi connectivity index (χ1n) is 9.45. The van der Waals surface area contributed by atoms with Crippen molar-refractivity contribution >= 4 is 34.3 Å². The van der Waals surface area contributed by atoms with Gasteiger partial charge in [-0.15, -0.1) is 0 Å². The summed E-state index contributed by atoms with van der Waals surface area (Å²) < 4.78 is 0. The van der Waals surface area contributed by atoms with Crippen molar-refractivity contribution in [2.24, 2.45) is 0 Å². The number of likely N-dealkylation sites (tertiary alicyclic amines) is 1. The number of H-pyrrole nitrogens is 1. The number of hydrogen-bond acceptors (Lipinski definition) is 4. The highest BCUT2D eigenvalue weighted by Gasteiger charge is 2.31. The molecule has 150 valence electrons. The minimum Gasteiger partial charge on any atom is -0.391 e. The van der Waals surface area contributed by atoms with Gasteiger partial charge in [-0.25, -0.2) is 4.98 Å². The van der Waals surface area contributed by atoms with Gasteiger partial charge >= 0.3 is 0 Å². The fourth-order valence-corrected chi connectivity index (χ4v) is 3.74. The summed E-state index contributed by atoms with van der Waals surface area (Å²) in [7, 11) is 0. The molecule has 1 aliphatic rings. The van der Waals surface area contributed by atoms with Crippen LogP contribution in [-0.4, -0.2) is 57.0 Å². The molecule has 8 heteroatoms. The minimum absolute atomic E-state index is 0.195. The first-order chi connectivity index (χ1) is 14.0. The normalized spacial score (nSPS) is 17.4. The monoisotopic (exact) mass is 412 g/mol. The van der Waals surface area contributed by atoms with Gasteiger partial charge in [-0.3, -0.25) is 9.59 Å². The van der Waals surface area contributed by atoms with Gasteiger partial charge in [-0.1, -0.05) is 41.9 Å². The Kier molecular flexibility index (Phi) is 5.51. The number of β-amino-alcohol motifs (C(OH)–C–C–N with tert-alkyl or cyclic N) is 1. The van der Waals surface area contributed by atoms with Gasteiger partial charge in [0.15, 0.2) is 0 Å². The number of aliphatic hydroxyl groups is 1. The van der Waals surface area contributed by atoms with Gasteiger partial charge in [0.2, 0.25) is 5.91 Å². The Morgan fingerprint density at radius 3 is 2.83 bits per heavy atom. The fraction of sp³-hybridized carbons (Fsp3) is 0.286. The minimum atomic E-state index is -0.733. The maximum atomic E-state index is 13.0. The number of nitrogens with one attached hydrogen (secondary N) is 2. The molecule has 3 aromatic rings. The summed E-state index contributed by atoms with van der Waals surface area (Å²) in [6.45, 7) is 0.772. The van der Waals surface area contributed by atoms with Crippen LogP contribution in [0.4, 0.5) is 0 Å². The first kappa shape index (κ1) is 19.4. The first-order valence-corrected chi connectivity index (χ1v) is 9.83. The predicted octanol–water partition coefficient (Wildman–Crippen LogP) is 2.15. The average Bonchev–Trinajstić information content (AvgIpc) is 3.33. The van der Waals surface area contributed by atoms with Crippen LogP contribution < -0.4 is 5.32 Å². The van der Waals surface area contributed by atoms with Crippen molar-refractivity contribution in [1.29, 1.82) is 0 Å². The van der Waals surface area contributed by atoms with E-state index in [4.69, 9.17) is 11.6 Å². The molecule has 7 nitrogen and oxygen atoms in total. The topological polar surface area (TPSA) is 98.3 Å². The summed E-state index contributed by atoms with van der Waals surface area (Å²) >= 11 is 5.91. The molecule has 4 rings (SSSR count). The number of benzene rings is 1. The maximum absolute atomic E-state index is 13.0. The van der Waals surface area contributed by atoms with Gasteiger partial charge in [-0.05, 0) is 24.1 Å². The zero-order chi connectivity index (χ0) is 20.4. The smallest absolute Gasteiger partial charge is 0.268 e. The number of carbonyl (C=O) groups is 2. The Morgan fingerprint density at radius 2 is 2.10 bits per heavy atom. The van der Waals surface area contributed by atoms with Gasteiger partial charge in [0.05, 0.1) is 17.8 Å². The van der Waals surface area contributed by atoms with Gasteiger partial charge in [-0.2, -0.15) is 0 Å². The second kappa shape index (κ2) is 8.23. The highest BCUT2D eigenvalue weighted by Crippen LogP contribution is 2.18. The number of halogens is 1. The summed E-state index contributed by atoms with van der Waals surface area (Å²) in [4.78, 5) is 34.5. The Bertz CT molecular complexity index is 1040. The van der Waals surface area contributed by atoms with Crippen LogP contribution in [0, 0.1) is 0 Å². The van der Waals surface area contributed by atoms with E-state index in [9.17, 15) is 14.7 Å². The number of fused-ring (bicyclic) bond motifs is 1. The zero-order valence-electron chi connectivity index (χ0n) is 15.6. The molecule has 2 amide bonds. The van der Waals surface area contributed by atoms with E-state index in [2.05, 4.69) is 15.3 Å². The van der Waals surface area contributed by atoms with E-state index in [-0.39, 0.29) is 18.4 Å². The van der Waals surface area contributed by atoms with Crippen molar-refractivity contribution in [3.63, 3.8) is 0 Å². The highest BCUT2D eigenvalue weighted by atomic mass is 35.5. The molecule has 2 atom stereocenters. The van der Waals surface area contributed by atoms with Crippen LogP contribution >= 0.6 is 11.6 Å². The van der Waals surface area contributed by atoms with Crippen molar-refractivity contribution in [2.45, 2.75) is 25.0 Å². The highest BCUT2D eigenvalue weighted by molar-refractivity contribution is 6.30. The third kappa shape index (κ3) is 4.41. The number of aromatic amines is 1. The molecule has 1 aliphatic heterocycles. The Labute approximate surface area is 172 Å². The average molecular weight is 413 g/mol. The van der Waals surface area contributed by atoms with E-state index in [0.717, 1.165) is 10.9 Å². The predicted molar refractivity (Wildman–Crippen MR) is 110 cm³/mol. The van der Waals surface area contributed by atoms with Crippen LogP contribution in [0.1, 0.15) is 22.5 Å². The van der Waals surface area contributed by atoms with E-state index in [0.29, 0.717) is 35.8 Å². The molecule has 1 aromatic carbocycles. The summed E-state index contributed by atoms with van der Waals surface area (Å²) in [6, 6.07) is 12.1. The van der Waals surface area contributed by atoms with Gasteiger partial charge < -0.3 is 20.3 Å². The molecule has 0 saturated carbocycles. The molecule has 0 bridgehead atoms. The third-order valence-electron chi connectivity index (χ3n) is 5.08. The van der Waals surface area contributed by atoms with E-state index in [1.807, 2.05) is 30.3 Å². The second-order valence-corrected chi connectivity index (χ2v) is 7.61. The van der Waals surface area contributed by atoms with Crippen molar-refractivity contribution in [2.75, 3.05) is 13.1 Å². The van der Waals surface area contributed by atoms with Crippen LogP contribution in [0.3, 0.4) is 0 Å². The van der Waals surface area contributed by atoms with Gasteiger partial charge in [0.25, 0.3) is 5.91 Å². The van der Waals surface area contributed by atoms with Crippen LogP contribution in [0.5, 0.6) is 0 Å². The van der Waals surface area contributed by atoms with E-state index < -0.39 is 12.1 Å². The lowest BCUT2D eigenvalue weighted by Crippen LogP contribution is -2.49. The number of aromatic nitrogens is 2. The standard InChI is InChI=1S/C21H21ClN4O3/c22-19-10-14-9-16(24-18(14)11-23-19)20(28)25-17(8-13-4-2-1-3-5-13)21(29)26-7-6-15(27)12-26/h1-5,9-11,15,17,24,27H,6-8,12H2,(H,25,28)/t15-,17+/m1/s1. The zero-order valence-corrected chi connectivity index (χ0v) is 16.4. The third-order valence-corrected chi connectivity index (χ3v) is 5.28. The van der Waals surface area contributed by atoms with Crippen LogP contribution in [0.25, 0.3) is 10.9 Å². The summed E-state index contributed by atoms with van der Waals surface area (Å²) in [5.74, 6) is -0.578. The van der Waals surface area contributed by atoms with E-state index >= 15 is 0 Å². The number of pyridine rings is 1. The molecule has 29 heavy (non-hydrogen) atoms. The SMILES string of the molecule is O=C(N[C@@H](Cc1ccccc1)C(=O)N1CC[C@@H](O)C1)c1cc2cc(Cl)ncc2[nH]1. The molecule has 1 fully saturated rings. The molecular weight excluding hydrogens is 392 g/mol. The Hall–Kier alpha value is -2.90. The number of hydrogen-bond donors (Lipinski definition) is 3. The number of aliphatic hydroxyl groups excluding tert-OH is 1. The lowest BCUT2D eigenvalue weighted by Gasteiger charge is -2.24. The lowest BCUT2D eigenvalue weighted by molar-refractivity contribution is -0.132. The molecule has 3 N–H and O–H groups in total. The maximum Gasteiger partial charge on any atom is 0.268 e. The van der Waals surface area contributed by atoms with Gasteiger partial charge in [0.1, 0.15) is 16.9 Å². The number of amides is 2. The molecule has 0 unspecified atom stereocenters. The quantitative estimate of drug-likeness (QED) is 0.559. The molecule has 3 heterocycles. The van der Waals surface area contributed by atoms with Crippen LogP contribution in [0.15, 0.2) is 48.7 Å². The lowest BCUT2D eigenvalue weighted by atomic mass is 10.0. The van der Waals surface area contributed by atoms with Crippen LogP contribution in [-0.2, 0) is 11.2 Å². The van der Waals surface area contributed by atoms with E-state index in [1.54, 1.807) is 23.2 Å². The molecule has 1 saturated heterocycles. The largest absolute Gasteiger partial charge is 0.391 e. The molecular formula is C21H21ClN4O3. The number of carbonyl (C=O) groups excluding carboxylic acids is 2. The Morgan fingerprint density at radius 1 is 1.31 bits per heavy atom. The molecule has 0 aliphatic carbocycles. The fourth-order valence-electron chi connectivity index (χ4n) is 3.58. The van der Waals surface area contributed by atoms with Gasteiger partial charge in [0, 0.05) is 24.9 Å². The van der Waals surface area contributed by atoms with Crippen molar-refractivity contribution < 1.29 is 14.7 Å². The second-order valence-electron chi connectivity index (χ2n) is 7.22. The summed E-state index contributed by atoms with van der Waals surface area (Å²) in [6.07, 6.45) is 1.96.